The number of aromatic nitrogens is 2. The van der Waals surface area contributed by atoms with Crippen LogP contribution >= 0.6 is 0 Å². The molecule has 0 aliphatic rings. The van der Waals surface area contributed by atoms with E-state index < -0.39 is 0 Å². The van der Waals surface area contributed by atoms with Gasteiger partial charge in [-0.1, -0.05) is 72.8 Å². The normalized spacial score (nSPS) is 10.9. The van der Waals surface area contributed by atoms with Gasteiger partial charge in [0, 0.05) is 16.3 Å². The minimum atomic E-state index is 0.510. The van der Waals surface area contributed by atoms with E-state index in [0.717, 1.165) is 33.3 Å². The molecular formula is C28H22N2O. The molecule has 1 aromatic heterocycles. The van der Waals surface area contributed by atoms with E-state index in [1.807, 2.05) is 48.5 Å². The third-order valence-electron chi connectivity index (χ3n) is 5.61. The van der Waals surface area contributed by atoms with Crippen molar-refractivity contribution >= 4 is 10.8 Å². The number of benzene rings is 4. The van der Waals surface area contributed by atoms with Gasteiger partial charge in [-0.25, -0.2) is 0 Å². The van der Waals surface area contributed by atoms with Gasteiger partial charge >= 0.3 is 0 Å². The van der Waals surface area contributed by atoms with Crippen molar-refractivity contribution in [2.75, 3.05) is 0 Å². The van der Waals surface area contributed by atoms with Gasteiger partial charge in [0.15, 0.2) is 0 Å². The van der Waals surface area contributed by atoms with E-state index in [9.17, 15) is 0 Å². The van der Waals surface area contributed by atoms with Crippen LogP contribution in [-0.4, -0.2) is 10.2 Å². The molecule has 3 heteroatoms. The van der Waals surface area contributed by atoms with Gasteiger partial charge in [0.2, 0.25) is 5.88 Å². The lowest BCUT2D eigenvalue weighted by molar-refractivity contribution is 0.462. The molecule has 0 aliphatic carbocycles. The molecule has 4 aromatic carbocycles. The predicted molar refractivity (Wildman–Crippen MR) is 126 cm³/mol. The molecule has 0 spiro atoms. The third kappa shape index (κ3) is 3.78. The van der Waals surface area contributed by atoms with E-state index in [4.69, 9.17) is 4.74 Å². The van der Waals surface area contributed by atoms with Crippen LogP contribution in [0.25, 0.3) is 33.2 Å². The minimum absolute atomic E-state index is 0.510. The average Bonchev–Trinajstić information content (AvgIpc) is 2.82. The van der Waals surface area contributed by atoms with Crippen LogP contribution in [0.15, 0.2) is 97.1 Å². The number of hydrogen-bond donors (Lipinski definition) is 0. The Kier molecular flexibility index (Phi) is 4.93. The summed E-state index contributed by atoms with van der Waals surface area (Å²) < 4.78 is 6.14. The van der Waals surface area contributed by atoms with Crippen molar-refractivity contribution in [2.45, 2.75) is 13.8 Å². The van der Waals surface area contributed by atoms with Gasteiger partial charge in [0.05, 0.1) is 0 Å². The second kappa shape index (κ2) is 8.04. The Balaban J connectivity index is 1.50. The van der Waals surface area contributed by atoms with Crippen molar-refractivity contribution in [2.24, 2.45) is 0 Å². The molecule has 0 unspecified atom stereocenters. The zero-order valence-electron chi connectivity index (χ0n) is 17.5. The standard InChI is InChI=1S/C28H22N2O/c1-19-12-13-23(18-20(19)2)27-25-10-6-7-11-26(25)28(30-29-27)31-24-16-14-22(15-17-24)21-8-4-3-5-9-21/h3-18H,1-2H3. The smallest absolute Gasteiger partial charge is 0.246 e. The van der Waals surface area contributed by atoms with Gasteiger partial charge in [-0.15, -0.1) is 10.2 Å². The molecule has 0 bridgehead atoms. The quantitative estimate of drug-likeness (QED) is 0.315. The number of aryl methyl sites for hydroxylation is 2. The molecule has 0 aliphatic heterocycles. The number of nitrogens with zero attached hydrogens (tertiary/aromatic N) is 2. The van der Waals surface area contributed by atoms with Crippen LogP contribution in [0.2, 0.25) is 0 Å². The number of hydrogen-bond acceptors (Lipinski definition) is 3. The van der Waals surface area contributed by atoms with Crippen molar-refractivity contribution in [3.8, 4) is 34.0 Å². The highest BCUT2D eigenvalue weighted by atomic mass is 16.5. The van der Waals surface area contributed by atoms with Crippen molar-refractivity contribution in [3.05, 3.63) is 108 Å². The van der Waals surface area contributed by atoms with Gasteiger partial charge in [-0.05, 0) is 60.4 Å². The highest BCUT2D eigenvalue weighted by Gasteiger charge is 2.13. The zero-order chi connectivity index (χ0) is 21.2. The number of fused-ring (bicyclic) bond motifs is 1. The molecule has 31 heavy (non-hydrogen) atoms. The Bertz CT molecular complexity index is 1360. The molecular weight excluding hydrogens is 380 g/mol. The molecule has 1 heterocycles. The topological polar surface area (TPSA) is 35.0 Å². The first-order chi connectivity index (χ1) is 15.2. The highest BCUT2D eigenvalue weighted by Crippen LogP contribution is 2.34. The Hall–Kier alpha value is -3.98. The highest BCUT2D eigenvalue weighted by molar-refractivity contribution is 5.97. The Morgan fingerprint density at radius 3 is 1.94 bits per heavy atom. The molecule has 0 N–H and O–H groups in total. The van der Waals surface area contributed by atoms with Gasteiger partial charge < -0.3 is 4.74 Å². The lowest BCUT2D eigenvalue weighted by Crippen LogP contribution is -1.96. The summed E-state index contributed by atoms with van der Waals surface area (Å²) in [6, 6.07) is 32.9. The van der Waals surface area contributed by atoms with Crippen LogP contribution in [0.3, 0.4) is 0 Å². The van der Waals surface area contributed by atoms with Crippen LogP contribution in [0.1, 0.15) is 11.1 Å². The lowest BCUT2D eigenvalue weighted by Gasteiger charge is -2.12. The van der Waals surface area contributed by atoms with Crippen molar-refractivity contribution in [1.29, 1.82) is 0 Å². The van der Waals surface area contributed by atoms with E-state index in [1.165, 1.54) is 16.7 Å². The Morgan fingerprint density at radius 1 is 0.548 bits per heavy atom. The summed E-state index contributed by atoms with van der Waals surface area (Å²) in [4.78, 5) is 0. The number of rotatable bonds is 4. The molecule has 0 amide bonds. The van der Waals surface area contributed by atoms with Gasteiger partial charge in [-0.2, -0.15) is 0 Å². The largest absolute Gasteiger partial charge is 0.437 e. The van der Waals surface area contributed by atoms with Gasteiger partial charge in [0.25, 0.3) is 0 Å². The maximum absolute atomic E-state index is 6.14. The van der Waals surface area contributed by atoms with Crippen LogP contribution in [0.4, 0.5) is 0 Å². The third-order valence-corrected chi connectivity index (χ3v) is 5.61. The summed E-state index contributed by atoms with van der Waals surface area (Å²) in [5.41, 5.74) is 6.75. The van der Waals surface area contributed by atoms with E-state index in [-0.39, 0.29) is 0 Å². The summed E-state index contributed by atoms with van der Waals surface area (Å²) in [5.74, 6) is 1.24. The zero-order valence-corrected chi connectivity index (χ0v) is 17.5. The minimum Gasteiger partial charge on any atom is -0.437 e. The predicted octanol–water partition coefficient (Wildman–Crippen LogP) is 7.37. The molecule has 0 atom stereocenters. The van der Waals surface area contributed by atoms with E-state index in [1.54, 1.807) is 0 Å². The fourth-order valence-electron chi connectivity index (χ4n) is 3.71. The van der Waals surface area contributed by atoms with Crippen molar-refractivity contribution in [3.63, 3.8) is 0 Å². The van der Waals surface area contributed by atoms with Crippen LogP contribution in [-0.2, 0) is 0 Å². The second-order valence-electron chi connectivity index (χ2n) is 7.69. The van der Waals surface area contributed by atoms with Gasteiger partial charge in [-0.3, -0.25) is 0 Å². The molecule has 0 radical (unpaired) electrons. The van der Waals surface area contributed by atoms with Crippen LogP contribution in [0, 0.1) is 13.8 Å². The van der Waals surface area contributed by atoms with E-state index >= 15 is 0 Å². The summed E-state index contributed by atoms with van der Waals surface area (Å²) in [5, 5.41) is 10.9. The summed E-state index contributed by atoms with van der Waals surface area (Å²) in [6.45, 7) is 4.23. The van der Waals surface area contributed by atoms with Crippen LogP contribution in [0.5, 0.6) is 11.6 Å². The first-order valence-electron chi connectivity index (χ1n) is 10.4. The summed E-state index contributed by atoms with van der Waals surface area (Å²) in [6.07, 6.45) is 0. The summed E-state index contributed by atoms with van der Waals surface area (Å²) >= 11 is 0. The molecule has 5 rings (SSSR count). The fourth-order valence-corrected chi connectivity index (χ4v) is 3.71. The fraction of sp³-hybridized carbons (Fsp3) is 0.0714. The average molecular weight is 402 g/mol. The molecule has 3 nitrogen and oxygen atoms in total. The van der Waals surface area contributed by atoms with Crippen molar-refractivity contribution in [1.82, 2.24) is 10.2 Å². The molecule has 0 saturated heterocycles. The first kappa shape index (κ1) is 19.0. The Labute approximate surface area is 182 Å². The molecule has 0 saturated carbocycles. The van der Waals surface area contributed by atoms with E-state index in [2.05, 4.69) is 72.6 Å². The monoisotopic (exact) mass is 402 g/mol. The lowest BCUT2D eigenvalue weighted by atomic mass is 10.0. The maximum atomic E-state index is 6.14. The molecule has 0 fully saturated rings. The SMILES string of the molecule is Cc1ccc(-c2nnc(Oc3ccc(-c4ccccc4)cc3)c3ccccc23)cc1C. The van der Waals surface area contributed by atoms with Gasteiger partial charge in [0.1, 0.15) is 11.4 Å². The molecule has 150 valence electrons. The first-order valence-corrected chi connectivity index (χ1v) is 10.4. The second-order valence-corrected chi connectivity index (χ2v) is 7.69. The van der Waals surface area contributed by atoms with Crippen LogP contribution < -0.4 is 4.74 Å². The maximum Gasteiger partial charge on any atom is 0.246 e. The Morgan fingerprint density at radius 2 is 1.19 bits per heavy atom. The van der Waals surface area contributed by atoms with E-state index in [0.29, 0.717) is 5.88 Å². The molecule has 5 aromatic rings. The summed E-state index contributed by atoms with van der Waals surface area (Å²) in [7, 11) is 0. The number of ether oxygens (including phenoxy) is 1. The van der Waals surface area contributed by atoms with Crippen molar-refractivity contribution < 1.29 is 4.74 Å².